The Morgan fingerprint density at radius 1 is 1.03 bits per heavy atom. The molecule has 2 aliphatic rings. The minimum atomic E-state index is -3.74. The first-order valence-corrected chi connectivity index (χ1v) is 14.8. The number of carbonyl (C=O) groups is 2. The highest BCUT2D eigenvalue weighted by molar-refractivity contribution is 8.00. The van der Waals surface area contributed by atoms with Crippen LogP contribution in [0.2, 0.25) is 0 Å². The fourth-order valence-corrected chi connectivity index (χ4v) is 7.47. The fourth-order valence-electron chi connectivity index (χ4n) is 5.01. The van der Waals surface area contributed by atoms with Crippen molar-refractivity contribution in [3.63, 3.8) is 0 Å². The summed E-state index contributed by atoms with van der Waals surface area (Å²) in [7, 11) is -2.41. The van der Waals surface area contributed by atoms with E-state index in [1.165, 1.54) is 7.11 Å². The van der Waals surface area contributed by atoms with Crippen molar-refractivity contribution in [2.45, 2.75) is 55.8 Å². The van der Waals surface area contributed by atoms with Gasteiger partial charge in [-0.3, -0.25) is 8.98 Å². The molecular weight excluding hydrogens is 500 g/mol. The van der Waals surface area contributed by atoms with Crippen molar-refractivity contribution in [3.8, 4) is 0 Å². The lowest BCUT2D eigenvalue weighted by Crippen LogP contribution is -2.46. The third-order valence-corrected chi connectivity index (χ3v) is 8.69. The van der Waals surface area contributed by atoms with E-state index in [0.717, 1.165) is 17.4 Å². The summed E-state index contributed by atoms with van der Waals surface area (Å²) in [5.74, 6) is 0.334. The average Bonchev–Trinajstić information content (AvgIpc) is 3.39. The Hall–Kier alpha value is -2.56. The molecule has 2 aromatic carbocycles. The number of nitrogens with zero attached hydrogens (tertiary/aromatic N) is 2. The van der Waals surface area contributed by atoms with Crippen LogP contribution in [0.3, 0.4) is 0 Å². The summed E-state index contributed by atoms with van der Waals surface area (Å²) < 4.78 is 34.7. The number of ether oxygens (including phenoxy) is 1. The van der Waals surface area contributed by atoms with Gasteiger partial charge in [0.1, 0.15) is 0 Å². The van der Waals surface area contributed by atoms with Crippen molar-refractivity contribution >= 4 is 33.9 Å². The molecule has 0 aliphatic carbocycles. The minimum Gasteiger partial charge on any atom is -0.469 e. The van der Waals surface area contributed by atoms with E-state index in [2.05, 4.69) is 0 Å². The van der Waals surface area contributed by atoms with E-state index in [4.69, 9.17) is 8.92 Å². The van der Waals surface area contributed by atoms with Crippen molar-refractivity contribution in [1.82, 2.24) is 9.80 Å². The van der Waals surface area contributed by atoms with Crippen LogP contribution in [-0.2, 0) is 36.9 Å². The van der Waals surface area contributed by atoms with Crippen LogP contribution >= 0.6 is 11.8 Å². The number of methoxy groups -OCH3 is 1. The van der Waals surface area contributed by atoms with Crippen LogP contribution in [0.1, 0.15) is 30.4 Å². The monoisotopic (exact) mass is 532 g/mol. The Balaban J connectivity index is 1.62. The zero-order chi connectivity index (χ0) is 25.7. The highest BCUT2D eigenvalue weighted by Crippen LogP contribution is 2.44. The van der Waals surface area contributed by atoms with E-state index >= 15 is 0 Å². The molecule has 2 fully saturated rings. The van der Waals surface area contributed by atoms with Gasteiger partial charge >= 0.3 is 12.0 Å². The molecular formula is C26H32N2O6S2. The predicted molar refractivity (Wildman–Crippen MR) is 139 cm³/mol. The number of benzene rings is 2. The number of carbonyl (C=O) groups excluding carboxylic acids is 2. The van der Waals surface area contributed by atoms with Gasteiger partial charge in [-0.2, -0.15) is 20.2 Å². The zero-order valence-electron chi connectivity index (χ0n) is 20.5. The highest BCUT2D eigenvalue weighted by atomic mass is 32.2. The first-order valence-electron chi connectivity index (χ1n) is 12.0. The van der Waals surface area contributed by atoms with Crippen LogP contribution in [-0.4, -0.2) is 72.8 Å². The fraction of sp³-hybridized carbons (Fsp3) is 0.462. The number of hydrogen-bond donors (Lipinski definition) is 0. The molecule has 2 aliphatic heterocycles. The van der Waals surface area contributed by atoms with Gasteiger partial charge in [0, 0.05) is 25.3 Å². The van der Waals surface area contributed by atoms with Gasteiger partial charge in [-0.15, -0.1) is 0 Å². The Morgan fingerprint density at radius 3 is 2.17 bits per heavy atom. The molecule has 2 amide bonds. The molecule has 2 unspecified atom stereocenters. The van der Waals surface area contributed by atoms with E-state index < -0.39 is 16.2 Å². The third kappa shape index (κ3) is 6.41. The Labute approximate surface area is 217 Å². The number of hydrogen-bond acceptors (Lipinski definition) is 7. The molecule has 0 aromatic heterocycles. The Kier molecular flexibility index (Phi) is 8.58. The lowest BCUT2D eigenvalue weighted by atomic mass is 9.98. The highest BCUT2D eigenvalue weighted by Gasteiger charge is 2.55. The minimum absolute atomic E-state index is 0.0596. The molecule has 2 heterocycles. The topological polar surface area (TPSA) is 93.2 Å². The van der Waals surface area contributed by atoms with Crippen molar-refractivity contribution in [2.24, 2.45) is 0 Å². The molecule has 194 valence electrons. The smallest absolute Gasteiger partial charge is 0.321 e. The molecule has 0 N–H and O–H groups in total. The Morgan fingerprint density at radius 2 is 1.61 bits per heavy atom. The van der Waals surface area contributed by atoms with Crippen LogP contribution in [0, 0.1) is 0 Å². The van der Waals surface area contributed by atoms with Gasteiger partial charge in [-0.05, 0) is 24.0 Å². The standard InChI is InChI=1S/C26H32N2O6S2/c1-33-23(29)15-9-14-22(34-36(2,31)32)25-24-21(18-35-25)27(16-19-10-5-3-6-11-19)26(30)28(24)17-20-12-7-4-8-13-20/h3-8,10-13,21-22,24-25H,9,14-18H2,1-2H3/t21-,22?,24-,25?/m0/s1. The first-order chi connectivity index (χ1) is 17.3. The molecule has 10 heteroatoms. The largest absolute Gasteiger partial charge is 0.469 e. The lowest BCUT2D eigenvalue weighted by Gasteiger charge is -2.32. The summed E-state index contributed by atoms with van der Waals surface area (Å²) in [5, 5.41) is -0.254. The molecule has 0 radical (unpaired) electrons. The molecule has 0 spiro atoms. The molecule has 4 rings (SSSR count). The second-order valence-electron chi connectivity index (χ2n) is 9.17. The number of fused-ring (bicyclic) bond motifs is 1. The van der Waals surface area contributed by atoms with Gasteiger partial charge in [0.25, 0.3) is 10.1 Å². The van der Waals surface area contributed by atoms with Gasteiger partial charge < -0.3 is 14.5 Å². The summed E-state index contributed by atoms with van der Waals surface area (Å²) in [6, 6.07) is 19.3. The summed E-state index contributed by atoms with van der Waals surface area (Å²) in [6.07, 6.45) is 1.36. The number of urea groups is 1. The molecule has 0 bridgehead atoms. The lowest BCUT2D eigenvalue weighted by molar-refractivity contribution is -0.140. The molecule has 4 atom stereocenters. The number of esters is 1. The van der Waals surface area contributed by atoms with Crippen LogP contribution in [0.25, 0.3) is 0 Å². The number of thioether (sulfide) groups is 1. The zero-order valence-corrected chi connectivity index (χ0v) is 22.1. The predicted octanol–water partition coefficient (Wildman–Crippen LogP) is 3.67. The summed E-state index contributed by atoms with van der Waals surface area (Å²) in [5.41, 5.74) is 2.05. The second kappa shape index (κ2) is 11.7. The van der Waals surface area contributed by atoms with Crippen molar-refractivity contribution < 1.29 is 26.9 Å². The van der Waals surface area contributed by atoms with Gasteiger partial charge in [-0.1, -0.05) is 60.7 Å². The Bertz CT molecular complexity index is 1150. The molecule has 2 aromatic rings. The SMILES string of the molecule is COC(=O)CCCC(OS(C)(=O)=O)C1SC[C@H]2[C@@H]1N(Cc1ccccc1)C(=O)N2Cc1ccccc1. The van der Waals surface area contributed by atoms with E-state index in [-0.39, 0.29) is 35.8 Å². The third-order valence-electron chi connectivity index (χ3n) is 6.60. The normalized spacial score (nSPS) is 22.5. The average molecular weight is 533 g/mol. The van der Waals surface area contributed by atoms with Crippen LogP contribution < -0.4 is 0 Å². The summed E-state index contributed by atoms with van der Waals surface area (Å²) in [4.78, 5) is 29.2. The van der Waals surface area contributed by atoms with Crippen molar-refractivity contribution in [2.75, 3.05) is 19.1 Å². The van der Waals surface area contributed by atoms with Crippen molar-refractivity contribution in [1.29, 1.82) is 0 Å². The van der Waals surface area contributed by atoms with E-state index in [1.807, 2.05) is 70.5 Å². The van der Waals surface area contributed by atoms with Gasteiger partial charge in [-0.25, -0.2) is 4.79 Å². The maximum atomic E-state index is 13.7. The summed E-state index contributed by atoms with van der Waals surface area (Å²) >= 11 is 1.64. The maximum absolute atomic E-state index is 13.7. The van der Waals surface area contributed by atoms with E-state index in [1.54, 1.807) is 11.8 Å². The number of rotatable bonds is 11. The van der Waals surface area contributed by atoms with Gasteiger partial charge in [0.15, 0.2) is 0 Å². The van der Waals surface area contributed by atoms with Gasteiger partial charge in [0.2, 0.25) is 0 Å². The second-order valence-corrected chi connectivity index (χ2v) is 12.0. The molecule has 2 saturated heterocycles. The molecule has 36 heavy (non-hydrogen) atoms. The molecule has 0 saturated carbocycles. The van der Waals surface area contributed by atoms with Crippen LogP contribution in [0.4, 0.5) is 4.79 Å². The van der Waals surface area contributed by atoms with Gasteiger partial charge in [0.05, 0.1) is 36.8 Å². The van der Waals surface area contributed by atoms with Crippen LogP contribution in [0.15, 0.2) is 60.7 Å². The van der Waals surface area contributed by atoms with Crippen LogP contribution in [0.5, 0.6) is 0 Å². The number of amides is 2. The van der Waals surface area contributed by atoms with E-state index in [0.29, 0.717) is 31.7 Å². The van der Waals surface area contributed by atoms with Crippen molar-refractivity contribution in [3.05, 3.63) is 71.8 Å². The molecule has 8 nitrogen and oxygen atoms in total. The quantitative estimate of drug-likeness (QED) is 0.248. The van der Waals surface area contributed by atoms with E-state index in [9.17, 15) is 18.0 Å². The first kappa shape index (κ1) is 26.5. The maximum Gasteiger partial charge on any atom is 0.321 e. The summed E-state index contributed by atoms with van der Waals surface area (Å²) in [6.45, 7) is 0.913.